The van der Waals surface area contributed by atoms with Gasteiger partial charge in [-0.05, 0) is 57.4 Å². The highest BCUT2D eigenvalue weighted by Crippen LogP contribution is 2.32. The molecule has 0 spiro atoms. The van der Waals surface area contributed by atoms with E-state index in [0.717, 1.165) is 12.8 Å². The zero-order valence-electron chi connectivity index (χ0n) is 13.6. The molecule has 0 radical (unpaired) electrons. The van der Waals surface area contributed by atoms with Crippen LogP contribution in [0.25, 0.3) is 0 Å². The number of benzene rings is 1. The summed E-state index contributed by atoms with van der Waals surface area (Å²) in [7, 11) is 0. The Morgan fingerprint density at radius 2 is 1.88 bits per heavy atom. The van der Waals surface area contributed by atoms with E-state index < -0.39 is 18.1 Å². The normalized spacial score (nSPS) is 15.1. The van der Waals surface area contributed by atoms with Crippen molar-refractivity contribution < 1.29 is 27.4 Å². The maximum Gasteiger partial charge on any atom is 0.573 e. The summed E-state index contributed by atoms with van der Waals surface area (Å²) in [5, 5.41) is 0. The van der Waals surface area contributed by atoms with Crippen molar-refractivity contribution in [3.05, 3.63) is 28.2 Å². The Morgan fingerprint density at radius 3 is 2.38 bits per heavy atom. The van der Waals surface area contributed by atoms with Gasteiger partial charge in [0, 0.05) is 17.1 Å². The largest absolute Gasteiger partial charge is 0.573 e. The Balaban J connectivity index is 2.16. The first kappa shape index (κ1) is 18.9. The van der Waals surface area contributed by atoms with E-state index in [-0.39, 0.29) is 18.3 Å². The lowest BCUT2D eigenvalue weighted by Crippen LogP contribution is -2.37. The first-order valence-corrected chi connectivity index (χ1v) is 8.27. The highest BCUT2D eigenvalue weighted by atomic mass is 79.9. The van der Waals surface area contributed by atoms with Crippen molar-refractivity contribution in [2.45, 2.75) is 58.2 Å². The average molecular weight is 410 g/mol. The van der Waals surface area contributed by atoms with E-state index in [1.54, 1.807) is 31.7 Å². The van der Waals surface area contributed by atoms with E-state index in [1.165, 1.54) is 12.1 Å². The van der Waals surface area contributed by atoms with Gasteiger partial charge in [-0.1, -0.05) is 15.9 Å². The minimum atomic E-state index is -4.76. The summed E-state index contributed by atoms with van der Waals surface area (Å²) in [6.45, 7) is 5.46. The molecule has 0 bridgehead atoms. The number of hydrogen-bond acceptors (Lipinski definition) is 3. The minimum Gasteiger partial charge on any atom is -0.444 e. The molecule has 0 unspecified atom stereocenters. The fourth-order valence-corrected chi connectivity index (χ4v) is 2.67. The Bertz CT molecular complexity index is 610. The van der Waals surface area contributed by atoms with Gasteiger partial charge in [0.05, 0.1) is 0 Å². The standard InChI is InChI=1S/C16H19BrF3NO3/c1-15(2,3)24-14(22)21(12-4-5-12)9-10-6-11(17)8-13(7-10)23-16(18,19)20/h6-8,12H,4-5,9H2,1-3H3. The number of carbonyl (C=O) groups excluding carboxylic acids is 1. The van der Waals surface area contributed by atoms with Crippen LogP contribution in [0.1, 0.15) is 39.2 Å². The highest BCUT2D eigenvalue weighted by molar-refractivity contribution is 9.10. The van der Waals surface area contributed by atoms with Crippen LogP contribution < -0.4 is 4.74 Å². The molecule has 0 aromatic heterocycles. The van der Waals surface area contributed by atoms with E-state index >= 15 is 0 Å². The lowest BCUT2D eigenvalue weighted by Gasteiger charge is -2.27. The van der Waals surface area contributed by atoms with Crippen molar-refractivity contribution in [3.63, 3.8) is 0 Å². The van der Waals surface area contributed by atoms with Crippen LogP contribution in [-0.2, 0) is 11.3 Å². The van der Waals surface area contributed by atoms with Crippen molar-refractivity contribution in [1.82, 2.24) is 4.90 Å². The molecule has 134 valence electrons. The quantitative estimate of drug-likeness (QED) is 0.681. The fourth-order valence-electron chi connectivity index (χ4n) is 2.15. The Hall–Kier alpha value is -1.44. The Morgan fingerprint density at radius 1 is 1.25 bits per heavy atom. The van der Waals surface area contributed by atoms with E-state index in [2.05, 4.69) is 20.7 Å². The molecule has 4 nitrogen and oxygen atoms in total. The predicted molar refractivity (Wildman–Crippen MR) is 85.6 cm³/mol. The van der Waals surface area contributed by atoms with Crippen molar-refractivity contribution in [3.8, 4) is 5.75 Å². The summed E-state index contributed by atoms with van der Waals surface area (Å²) in [4.78, 5) is 13.9. The number of alkyl halides is 3. The molecule has 0 aliphatic heterocycles. The van der Waals surface area contributed by atoms with Crippen LogP contribution in [0.2, 0.25) is 0 Å². The molecule has 0 heterocycles. The van der Waals surface area contributed by atoms with Gasteiger partial charge in [0.2, 0.25) is 0 Å². The van der Waals surface area contributed by atoms with Crippen LogP contribution in [0.4, 0.5) is 18.0 Å². The zero-order chi connectivity index (χ0) is 18.1. The van der Waals surface area contributed by atoms with Gasteiger partial charge in [-0.2, -0.15) is 0 Å². The second kappa shape index (κ2) is 6.82. The number of amides is 1. The van der Waals surface area contributed by atoms with Crippen molar-refractivity contribution in [2.24, 2.45) is 0 Å². The van der Waals surface area contributed by atoms with Gasteiger partial charge in [-0.25, -0.2) is 4.79 Å². The van der Waals surface area contributed by atoms with Gasteiger partial charge in [0.25, 0.3) is 0 Å². The molecule has 1 saturated carbocycles. The number of hydrogen-bond donors (Lipinski definition) is 0. The Labute approximate surface area is 147 Å². The third kappa shape index (κ3) is 6.22. The fraction of sp³-hybridized carbons (Fsp3) is 0.562. The third-order valence-corrected chi connectivity index (χ3v) is 3.59. The van der Waals surface area contributed by atoms with Crippen LogP contribution in [0.15, 0.2) is 22.7 Å². The molecule has 1 fully saturated rings. The van der Waals surface area contributed by atoms with Gasteiger partial charge in [0.1, 0.15) is 11.4 Å². The second-order valence-corrected chi connectivity index (χ2v) is 7.60. The predicted octanol–water partition coefficient (Wildman–Crippen LogP) is 5.25. The topological polar surface area (TPSA) is 38.8 Å². The smallest absolute Gasteiger partial charge is 0.444 e. The second-order valence-electron chi connectivity index (χ2n) is 6.68. The number of rotatable bonds is 4. The van der Waals surface area contributed by atoms with Gasteiger partial charge >= 0.3 is 12.5 Å². The van der Waals surface area contributed by atoms with Gasteiger partial charge in [-0.3, -0.25) is 0 Å². The van der Waals surface area contributed by atoms with E-state index in [4.69, 9.17) is 4.74 Å². The van der Waals surface area contributed by atoms with Crippen molar-refractivity contribution in [2.75, 3.05) is 0 Å². The van der Waals surface area contributed by atoms with E-state index in [1.807, 2.05) is 0 Å². The molecule has 1 aromatic carbocycles. The lowest BCUT2D eigenvalue weighted by molar-refractivity contribution is -0.274. The van der Waals surface area contributed by atoms with Crippen molar-refractivity contribution >= 4 is 22.0 Å². The molecule has 1 aliphatic carbocycles. The van der Waals surface area contributed by atoms with Crippen LogP contribution in [0.5, 0.6) is 5.75 Å². The zero-order valence-corrected chi connectivity index (χ0v) is 15.2. The van der Waals surface area contributed by atoms with Crippen LogP contribution in [-0.4, -0.2) is 29.0 Å². The Kier molecular flexibility index (Phi) is 5.37. The third-order valence-electron chi connectivity index (χ3n) is 3.13. The first-order valence-electron chi connectivity index (χ1n) is 7.48. The molecule has 1 aromatic rings. The van der Waals surface area contributed by atoms with Crippen molar-refractivity contribution in [1.29, 1.82) is 0 Å². The summed E-state index contributed by atoms with van der Waals surface area (Å²) >= 11 is 3.17. The summed E-state index contributed by atoms with van der Waals surface area (Å²) in [5.74, 6) is -0.327. The molecule has 2 rings (SSSR count). The summed E-state index contributed by atoms with van der Waals surface area (Å²) in [6, 6.07) is 4.22. The van der Waals surface area contributed by atoms with Crippen LogP contribution >= 0.6 is 15.9 Å². The number of halogens is 4. The maximum absolute atomic E-state index is 12.4. The molecular weight excluding hydrogens is 391 g/mol. The molecule has 8 heteroatoms. The molecular formula is C16H19BrF3NO3. The summed E-state index contributed by atoms with van der Waals surface area (Å²) in [5.41, 5.74) is -0.104. The van der Waals surface area contributed by atoms with Crippen LogP contribution in [0, 0.1) is 0 Å². The lowest BCUT2D eigenvalue weighted by atomic mass is 10.2. The summed E-state index contributed by atoms with van der Waals surface area (Å²) < 4.78 is 47.0. The SMILES string of the molecule is CC(C)(C)OC(=O)N(Cc1cc(Br)cc(OC(F)(F)F)c1)C1CC1. The molecule has 0 atom stereocenters. The highest BCUT2D eigenvalue weighted by Gasteiger charge is 2.36. The molecule has 1 aliphatic rings. The maximum atomic E-state index is 12.4. The van der Waals surface area contributed by atoms with E-state index in [0.29, 0.717) is 10.0 Å². The summed E-state index contributed by atoms with van der Waals surface area (Å²) in [6.07, 6.45) is -3.51. The number of carbonyl (C=O) groups is 1. The average Bonchev–Trinajstić information content (AvgIpc) is 3.14. The van der Waals surface area contributed by atoms with E-state index in [9.17, 15) is 18.0 Å². The first-order chi connectivity index (χ1) is 10.9. The van der Waals surface area contributed by atoms with Gasteiger partial charge in [-0.15, -0.1) is 13.2 Å². The number of ether oxygens (including phenoxy) is 2. The molecule has 0 N–H and O–H groups in total. The number of nitrogens with zero attached hydrogens (tertiary/aromatic N) is 1. The van der Waals surface area contributed by atoms with Gasteiger partial charge < -0.3 is 14.4 Å². The molecule has 0 saturated heterocycles. The van der Waals surface area contributed by atoms with Crippen LogP contribution in [0.3, 0.4) is 0 Å². The molecule has 1 amide bonds. The van der Waals surface area contributed by atoms with Gasteiger partial charge in [0.15, 0.2) is 0 Å². The molecule has 24 heavy (non-hydrogen) atoms. The monoisotopic (exact) mass is 409 g/mol. The minimum absolute atomic E-state index is 0.0609.